The smallest absolute Gasteiger partial charge is 0.303 e. The first-order valence-electron chi connectivity index (χ1n) is 16.8. The van der Waals surface area contributed by atoms with E-state index in [9.17, 15) is 18.3 Å². The topological polar surface area (TPSA) is 125 Å². The van der Waals surface area contributed by atoms with Crippen molar-refractivity contribution >= 4 is 26.7 Å². The summed E-state index contributed by atoms with van der Waals surface area (Å²) in [6.07, 6.45) is 8.72. The largest absolute Gasteiger partial charge is 0.481 e. The first-order valence-corrected chi connectivity index (χ1v) is 18.9. The Bertz CT molecular complexity index is 2100. The van der Waals surface area contributed by atoms with Gasteiger partial charge in [0, 0.05) is 58.7 Å². The number of fused-ring (bicyclic) bond motifs is 1. The maximum absolute atomic E-state index is 15.5. The Morgan fingerprint density at radius 1 is 0.960 bits per heavy atom. The highest BCUT2D eigenvalue weighted by molar-refractivity contribution is 7.90. The molecule has 266 valence electrons. The summed E-state index contributed by atoms with van der Waals surface area (Å²) in [5.74, 6) is -1.99. The van der Waals surface area contributed by atoms with Crippen LogP contribution >= 0.6 is 0 Å². The number of imidazole rings is 1. The van der Waals surface area contributed by atoms with Crippen LogP contribution in [0.15, 0.2) is 67.0 Å². The zero-order chi connectivity index (χ0) is 36.3. The number of hydrogen-bond donors (Lipinski definition) is 3. The van der Waals surface area contributed by atoms with Gasteiger partial charge in [-0.05, 0) is 73.4 Å². The molecule has 0 spiro atoms. The zero-order valence-corrected chi connectivity index (χ0v) is 30.0. The van der Waals surface area contributed by atoms with Gasteiger partial charge in [-0.1, -0.05) is 57.9 Å². The number of carboxylic acid groups (broad SMARTS) is 1. The third kappa shape index (κ3) is 8.98. The molecule has 0 amide bonds. The van der Waals surface area contributed by atoms with Gasteiger partial charge >= 0.3 is 5.97 Å². The number of hydrogen-bond acceptors (Lipinski definition) is 5. The van der Waals surface area contributed by atoms with Crippen molar-refractivity contribution < 1.29 is 31.8 Å². The molecule has 0 aliphatic carbocycles. The fourth-order valence-electron chi connectivity index (χ4n) is 6.37. The molecule has 0 radical (unpaired) electrons. The number of benzene rings is 3. The second-order valence-corrected chi connectivity index (χ2v) is 16.8. The summed E-state index contributed by atoms with van der Waals surface area (Å²) in [4.78, 5) is 22.2. The van der Waals surface area contributed by atoms with Crippen LogP contribution in [-0.4, -0.2) is 46.5 Å². The molecule has 3 N–H and O–H groups in total. The van der Waals surface area contributed by atoms with Crippen LogP contribution in [0.4, 0.5) is 8.78 Å². The number of rotatable bonds is 15. The van der Waals surface area contributed by atoms with E-state index in [1.807, 2.05) is 24.3 Å². The van der Waals surface area contributed by atoms with Gasteiger partial charge in [-0.25, -0.2) is 22.2 Å². The normalized spacial score (nSPS) is 13.4. The van der Waals surface area contributed by atoms with Gasteiger partial charge in [0.05, 0.1) is 11.3 Å². The molecule has 0 fully saturated rings. The minimum Gasteiger partial charge on any atom is -0.481 e. The van der Waals surface area contributed by atoms with Crippen LogP contribution in [0.2, 0.25) is 0 Å². The van der Waals surface area contributed by atoms with Crippen LogP contribution in [0.1, 0.15) is 82.2 Å². The van der Waals surface area contributed by atoms with Crippen LogP contribution in [0.25, 0.3) is 22.3 Å². The number of aromatic amines is 2. The first kappa shape index (κ1) is 36.8. The number of carbonyl (C=O) groups is 1. The Hall–Kier alpha value is -4.51. The van der Waals surface area contributed by atoms with Crippen molar-refractivity contribution in [3.63, 3.8) is 0 Å². The Kier molecular flexibility index (Phi) is 10.9. The number of aliphatic carboxylic acids is 1. The molecular weight excluding hydrogens is 661 g/mol. The van der Waals surface area contributed by atoms with Crippen LogP contribution in [-0.2, 0) is 32.9 Å². The predicted molar refractivity (Wildman–Crippen MR) is 193 cm³/mol. The fraction of sp³-hybridized carbons (Fsp3) is 0.385. The average molecular weight is 706 g/mol. The van der Waals surface area contributed by atoms with Gasteiger partial charge in [-0.2, -0.15) is 0 Å². The molecule has 1 atom stereocenters. The van der Waals surface area contributed by atoms with Crippen molar-refractivity contribution in [2.75, 3.05) is 12.0 Å². The number of nitrogens with one attached hydrogen (secondary N) is 2. The van der Waals surface area contributed by atoms with Gasteiger partial charge in [0.1, 0.15) is 27.2 Å². The second-order valence-electron chi connectivity index (χ2n) is 14.6. The quantitative estimate of drug-likeness (QED) is 0.0934. The van der Waals surface area contributed by atoms with Crippen molar-refractivity contribution in [2.45, 2.75) is 78.1 Å². The summed E-state index contributed by atoms with van der Waals surface area (Å²) < 4.78 is 61.0. The van der Waals surface area contributed by atoms with Crippen LogP contribution in [0, 0.1) is 17.0 Å². The van der Waals surface area contributed by atoms with Gasteiger partial charge in [0.15, 0.2) is 11.6 Å². The molecule has 2 heterocycles. The lowest BCUT2D eigenvalue weighted by molar-refractivity contribution is -0.136. The maximum Gasteiger partial charge on any atom is 0.303 e. The maximum atomic E-state index is 15.5. The van der Waals surface area contributed by atoms with E-state index in [0.717, 1.165) is 48.8 Å². The van der Waals surface area contributed by atoms with Gasteiger partial charge in [0.2, 0.25) is 0 Å². The van der Waals surface area contributed by atoms with Crippen molar-refractivity contribution in [1.29, 1.82) is 0 Å². The first-order chi connectivity index (χ1) is 23.5. The third-order valence-corrected chi connectivity index (χ3v) is 10.2. The lowest BCUT2D eigenvalue weighted by Crippen LogP contribution is -2.25. The number of aryl methyl sites for hydroxylation is 2. The summed E-state index contributed by atoms with van der Waals surface area (Å²) in [6.45, 7) is 8.77. The molecule has 0 aliphatic heterocycles. The molecule has 11 heteroatoms. The van der Waals surface area contributed by atoms with Crippen molar-refractivity contribution in [3.05, 3.63) is 101 Å². The monoisotopic (exact) mass is 705 g/mol. The van der Waals surface area contributed by atoms with E-state index in [0.29, 0.717) is 22.9 Å². The molecule has 0 bridgehead atoms. The van der Waals surface area contributed by atoms with E-state index in [-0.39, 0.29) is 46.9 Å². The highest BCUT2D eigenvalue weighted by atomic mass is 32.2. The second kappa shape index (κ2) is 14.8. The number of ether oxygens (including phenoxy) is 1. The van der Waals surface area contributed by atoms with E-state index in [4.69, 9.17) is 4.74 Å². The number of H-pyrrole nitrogens is 2. The predicted octanol–water partition coefficient (Wildman–Crippen LogP) is 9.15. The minimum absolute atomic E-state index is 0.0276. The third-order valence-electron chi connectivity index (χ3n) is 9.22. The molecule has 5 rings (SSSR count). The SMILES string of the molecule is CC(C)(C)CCCCC(C)(c1cccc(CCC(=O)O)c1)c1cnc(-c2cc(Oc3c(F)cc4[nH]ccc4c3CCS(C)(=O)=O)ccc2F)[nH]1. The minimum atomic E-state index is -3.35. The Labute approximate surface area is 292 Å². The molecular formula is C39H45F2N3O5S. The number of unbranched alkanes of at least 4 members (excludes halogenated alkanes) is 1. The highest BCUT2D eigenvalue weighted by Gasteiger charge is 2.32. The number of nitrogens with zero attached hydrogens (tertiary/aromatic N) is 1. The van der Waals surface area contributed by atoms with Gasteiger partial charge in [-0.3, -0.25) is 4.79 Å². The standard InChI is InChI=1S/C39H45F2N3O5S/c1-38(2,3)17-6-7-18-39(4,26-10-8-9-25(21-26)11-14-35(45)46)34-24-43-37(44-34)30-22-27(12-13-31(30)40)49-36-29(16-20-50(5,47)48)28-15-19-42-33(28)23-32(36)41/h8-10,12-13,15,19,21-24,42H,6-7,11,14,16-18,20H2,1-5H3,(H,43,44)(H,45,46). The Morgan fingerprint density at radius 3 is 2.44 bits per heavy atom. The van der Waals surface area contributed by atoms with Crippen molar-refractivity contribution in [3.8, 4) is 22.9 Å². The van der Waals surface area contributed by atoms with Crippen LogP contribution < -0.4 is 4.74 Å². The number of carboxylic acids is 1. The van der Waals surface area contributed by atoms with E-state index < -0.39 is 32.9 Å². The van der Waals surface area contributed by atoms with Gasteiger partial charge in [-0.15, -0.1) is 0 Å². The van der Waals surface area contributed by atoms with Gasteiger partial charge in [0.25, 0.3) is 0 Å². The average Bonchev–Trinajstić information content (AvgIpc) is 3.72. The Morgan fingerprint density at radius 2 is 1.72 bits per heavy atom. The van der Waals surface area contributed by atoms with Crippen molar-refractivity contribution in [1.82, 2.24) is 15.0 Å². The van der Waals surface area contributed by atoms with Crippen LogP contribution in [0.3, 0.4) is 0 Å². The van der Waals surface area contributed by atoms with Crippen molar-refractivity contribution in [2.24, 2.45) is 5.41 Å². The zero-order valence-electron chi connectivity index (χ0n) is 29.2. The molecule has 5 aromatic rings. The van der Waals surface area contributed by atoms with Crippen LogP contribution in [0.5, 0.6) is 11.5 Å². The number of aromatic nitrogens is 3. The van der Waals surface area contributed by atoms with Gasteiger partial charge < -0.3 is 19.8 Å². The van der Waals surface area contributed by atoms with E-state index in [2.05, 4.69) is 42.6 Å². The molecule has 0 saturated carbocycles. The summed E-state index contributed by atoms with van der Waals surface area (Å²) in [5, 5.41) is 9.88. The molecule has 1 unspecified atom stereocenters. The summed E-state index contributed by atoms with van der Waals surface area (Å²) in [7, 11) is -3.35. The van der Waals surface area contributed by atoms with E-state index in [1.165, 1.54) is 24.3 Å². The molecule has 2 aromatic heterocycles. The highest BCUT2D eigenvalue weighted by Crippen LogP contribution is 2.40. The lowest BCUT2D eigenvalue weighted by Gasteiger charge is -2.30. The number of sulfone groups is 1. The van der Waals surface area contributed by atoms with E-state index in [1.54, 1.807) is 18.5 Å². The number of halogens is 2. The summed E-state index contributed by atoms with van der Waals surface area (Å²) >= 11 is 0. The molecule has 0 aliphatic rings. The van der Waals surface area contributed by atoms with E-state index >= 15 is 8.78 Å². The molecule has 3 aromatic carbocycles. The lowest BCUT2D eigenvalue weighted by atomic mass is 9.74. The molecule has 0 saturated heterocycles. The summed E-state index contributed by atoms with van der Waals surface area (Å²) in [5.41, 5.74) is 3.38. The fourth-order valence-corrected chi connectivity index (χ4v) is 6.94. The summed E-state index contributed by atoms with van der Waals surface area (Å²) in [6, 6.07) is 15.0. The molecule has 50 heavy (non-hydrogen) atoms. The Balaban J connectivity index is 1.49. The molecule has 8 nitrogen and oxygen atoms in total.